The number of thioether (sulfide) groups is 1. The van der Waals surface area contributed by atoms with Crippen LogP contribution in [0.2, 0.25) is 0 Å². The molecule has 0 spiro atoms. The molecule has 1 aromatic carbocycles. The van der Waals surface area contributed by atoms with Crippen LogP contribution in [0, 0.1) is 5.92 Å². The van der Waals surface area contributed by atoms with Crippen LogP contribution >= 0.6 is 11.8 Å². The van der Waals surface area contributed by atoms with Gasteiger partial charge in [0.2, 0.25) is 5.91 Å². The third-order valence-corrected chi connectivity index (χ3v) is 7.43. The number of carbonyl (C=O) groups is 2. The van der Waals surface area contributed by atoms with Crippen LogP contribution in [0.25, 0.3) is 10.9 Å². The molecule has 1 aromatic heterocycles. The molecule has 3 aliphatic rings. The predicted octanol–water partition coefficient (Wildman–Crippen LogP) is 1.77. The number of benzene rings is 1. The van der Waals surface area contributed by atoms with Crippen molar-refractivity contribution in [3.05, 3.63) is 36.0 Å². The summed E-state index contributed by atoms with van der Waals surface area (Å²) in [6.45, 7) is 1.05. The summed E-state index contributed by atoms with van der Waals surface area (Å²) in [5, 5.41) is 3.59. The summed E-state index contributed by atoms with van der Waals surface area (Å²) < 4.78 is 0. The molecule has 0 bridgehead atoms. The van der Waals surface area contributed by atoms with Crippen LogP contribution in [-0.2, 0) is 4.79 Å². The molecular weight excluding hydrogens is 386 g/mol. The number of amides is 2. The van der Waals surface area contributed by atoms with Crippen molar-refractivity contribution in [1.82, 2.24) is 15.2 Å². The van der Waals surface area contributed by atoms with Gasteiger partial charge in [-0.2, -0.15) is 0 Å². The first-order chi connectivity index (χ1) is 14.1. The second kappa shape index (κ2) is 7.50. The van der Waals surface area contributed by atoms with E-state index in [1.54, 1.807) is 28.9 Å². The summed E-state index contributed by atoms with van der Waals surface area (Å²) >= 11 is 1.62. The van der Waals surface area contributed by atoms with E-state index in [9.17, 15) is 9.59 Å². The van der Waals surface area contributed by atoms with Crippen LogP contribution in [0.3, 0.4) is 0 Å². The second-order valence-corrected chi connectivity index (χ2v) is 9.08. The number of nitrogens with one attached hydrogen (secondary N) is 1. The molecule has 2 amide bonds. The van der Waals surface area contributed by atoms with Gasteiger partial charge in [0.15, 0.2) is 0 Å². The van der Waals surface area contributed by atoms with Crippen molar-refractivity contribution in [2.75, 3.05) is 29.6 Å². The largest absolute Gasteiger partial charge is 0.368 e. The third kappa shape index (κ3) is 3.34. The molecule has 2 aromatic rings. The Morgan fingerprint density at radius 2 is 2.17 bits per heavy atom. The molecule has 0 radical (unpaired) electrons. The lowest BCUT2D eigenvalue weighted by Gasteiger charge is -2.46. The van der Waals surface area contributed by atoms with Gasteiger partial charge in [-0.05, 0) is 43.0 Å². The highest BCUT2D eigenvalue weighted by Gasteiger charge is 2.42. The normalized spacial score (nSPS) is 25.8. The highest BCUT2D eigenvalue weighted by molar-refractivity contribution is 7.99. The molecule has 1 aliphatic carbocycles. The number of hydrogen-bond donors (Lipinski definition) is 2. The van der Waals surface area contributed by atoms with Gasteiger partial charge in [-0.15, -0.1) is 11.8 Å². The molecule has 29 heavy (non-hydrogen) atoms. The lowest BCUT2D eigenvalue weighted by molar-refractivity contribution is -0.130. The van der Waals surface area contributed by atoms with Gasteiger partial charge in [0.25, 0.3) is 5.91 Å². The number of fused-ring (bicyclic) bond motifs is 2. The van der Waals surface area contributed by atoms with Crippen LogP contribution in [0.4, 0.5) is 5.69 Å². The van der Waals surface area contributed by atoms with Gasteiger partial charge in [0, 0.05) is 35.6 Å². The van der Waals surface area contributed by atoms with E-state index in [-0.39, 0.29) is 24.5 Å². The van der Waals surface area contributed by atoms with Gasteiger partial charge >= 0.3 is 0 Å². The minimum absolute atomic E-state index is 0.0491. The van der Waals surface area contributed by atoms with Gasteiger partial charge < -0.3 is 20.9 Å². The Labute approximate surface area is 174 Å². The molecule has 3 atom stereocenters. The molecule has 0 unspecified atom stereocenters. The summed E-state index contributed by atoms with van der Waals surface area (Å²) in [7, 11) is 0. The third-order valence-electron chi connectivity index (χ3n) is 6.39. The molecule has 3 heterocycles. The Hall–Kier alpha value is -2.32. The van der Waals surface area contributed by atoms with Gasteiger partial charge in [-0.1, -0.05) is 6.42 Å². The quantitative estimate of drug-likeness (QED) is 0.797. The van der Waals surface area contributed by atoms with E-state index in [2.05, 4.69) is 27.3 Å². The number of aromatic nitrogens is 1. The topological polar surface area (TPSA) is 91.6 Å². The zero-order valence-corrected chi connectivity index (χ0v) is 17.0. The monoisotopic (exact) mass is 411 g/mol. The summed E-state index contributed by atoms with van der Waals surface area (Å²) in [5.41, 5.74) is 8.42. The smallest absolute Gasteiger partial charge is 0.252 e. The van der Waals surface area contributed by atoms with Crippen LogP contribution in [-0.4, -0.2) is 58.6 Å². The molecule has 152 valence electrons. The molecule has 5 rings (SSSR count). The zero-order chi connectivity index (χ0) is 20.0. The highest BCUT2D eigenvalue weighted by atomic mass is 32.2. The van der Waals surface area contributed by atoms with E-state index in [4.69, 9.17) is 5.73 Å². The van der Waals surface area contributed by atoms with Gasteiger partial charge in [-0.25, -0.2) is 0 Å². The number of nitrogens with zero attached hydrogens (tertiary/aromatic N) is 3. The van der Waals surface area contributed by atoms with E-state index in [0.717, 1.165) is 34.8 Å². The summed E-state index contributed by atoms with van der Waals surface area (Å²) in [6, 6.07) is 8.51. The maximum atomic E-state index is 12.8. The van der Waals surface area contributed by atoms with Crippen molar-refractivity contribution in [2.45, 2.75) is 31.5 Å². The number of hydrogen-bond acceptors (Lipinski definition) is 6. The molecule has 2 aliphatic heterocycles. The van der Waals surface area contributed by atoms with Crippen LogP contribution in [0.1, 0.15) is 29.6 Å². The number of anilines is 1. The summed E-state index contributed by atoms with van der Waals surface area (Å²) in [6.07, 6.45) is 5.26. The maximum absolute atomic E-state index is 12.8. The van der Waals surface area contributed by atoms with E-state index >= 15 is 0 Å². The van der Waals surface area contributed by atoms with Crippen molar-refractivity contribution in [3.8, 4) is 0 Å². The van der Waals surface area contributed by atoms with Crippen LogP contribution < -0.4 is 16.0 Å². The Bertz CT molecular complexity index is 967. The van der Waals surface area contributed by atoms with Gasteiger partial charge in [-0.3, -0.25) is 14.6 Å². The first kappa shape index (κ1) is 18.7. The van der Waals surface area contributed by atoms with E-state index < -0.39 is 0 Å². The average Bonchev–Trinajstić information content (AvgIpc) is 3.31. The number of pyridine rings is 1. The van der Waals surface area contributed by atoms with E-state index in [0.29, 0.717) is 17.5 Å². The van der Waals surface area contributed by atoms with Crippen LogP contribution in [0.5, 0.6) is 0 Å². The lowest BCUT2D eigenvalue weighted by atomic mass is 9.91. The fourth-order valence-electron chi connectivity index (χ4n) is 4.77. The Morgan fingerprint density at radius 1 is 1.28 bits per heavy atom. The molecule has 7 nitrogen and oxygen atoms in total. The summed E-state index contributed by atoms with van der Waals surface area (Å²) in [5.74, 6) is 1.72. The molecule has 2 saturated heterocycles. The minimum atomic E-state index is -0.273. The highest BCUT2D eigenvalue weighted by Crippen LogP contribution is 2.42. The number of rotatable bonds is 4. The zero-order valence-electron chi connectivity index (χ0n) is 16.2. The van der Waals surface area contributed by atoms with Crippen LogP contribution in [0.15, 0.2) is 30.5 Å². The second-order valence-electron chi connectivity index (χ2n) is 8.08. The fraction of sp³-hybridized carbons (Fsp3) is 0.476. The molecule has 1 saturated carbocycles. The first-order valence-electron chi connectivity index (χ1n) is 10.2. The maximum Gasteiger partial charge on any atom is 0.252 e. The predicted molar refractivity (Wildman–Crippen MR) is 115 cm³/mol. The van der Waals surface area contributed by atoms with Crippen molar-refractivity contribution in [2.24, 2.45) is 11.7 Å². The molecular formula is C21H25N5O2S. The Morgan fingerprint density at radius 3 is 2.97 bits per heavy atom. The first-order valence-corrected chi connectivity index (χ1v) is 11.3. The SMILES string of the molecule is N[C@@H]1CSCN1C(=O)CNC(=O)c1ccnc2ccc(N3C[C@@H]4CCC[C@@H]43)cc12. The standard InChI is InChI=1S/C21H25N5O2S/c22-19-11-29-12-26(19)20(27)9-24-21(28)15-6-7-23-17-5-4-14(8-16(15)17)25-10-13-2-1-3-18(13)25/h4-8,13,18-19H,1-3,9-12,22H2,(H,24,28)/t13-,18-,19-/m0/s1. The Kier molecular flexibility index (Phi) is 4.83. The van der Waals surface area contributed by atoms with E-state index in [1.807, 2.05) is 6.07 Å². The number of carbonyl (C=O) groups excluding carboxylic acids is 2. The molecule has 8 heteroatoms. The Balaban J connectivity index is 1.34. The van der Waals surface area contributed by atoms with Crippen molar-refractivity contribution >= 4 is 40.2 Å². The van der Waals surface area contributed by atoms with Crippen molar-refractivity contribution in [1.29, 1.82) is 0 Å². The molecule has 3 N–H and O–H groups in total. The lowest BCUT2D eigenvalue weighted by Crippen LogP contribution is -2.53. The van der Waals surface area contributed by atoms with Gasteiger partial charge in [0.05, 0.1) is 29.7 Å². The van der Waals surface area contributed by atoms with Crippen molar-refractivity contribution < 1.29 is 9.59 Å². The summed E-state index contributed by atoms with van der Waals surface area (Å²) in [4.78, 5) is 33.7. The van der Waals surface area contributed by atoms with E-state index in [1.165, 1.54) is 19.3 Å². The van der Waals surface area contributed by atoms with Crippen molar-refractivity contribution in [3.63, 3.8) is 0 Å². The molecule has 3 fully saturated rings. The average molecular weight is 412 g/mol. The number of nitrogens with two attached hydrogens (primary N) is 1. The fourth-order valence-corrected chi connectivity index (χ4v) is 5.82. The van der Waals surface area contributed by atoms with Gasteiger partial charge in [0.1, 0.15) is 0 Å². The minimum Gasteiger partial charge on any atom is -0.368 e.